The Morgan fingerprint density at radius 2 is 1.65 bits per heavy atom. The molecule has 26 heavy (non-hydrogen) atoms. The maximum Gasteiger partial charge on any atom is 0.253 e. The van der Waals surface area contributed by atoms with Crippen molar-refractivity contribution in [2.75, 3.05) is 10.6 Å². The van der Waals surface area contributed by atoms with Crippen LogP contribution in [0.2, 0.25) is 5.02 Å². The number of carbonyl (C=O) groups is 1. The van der Waals surface area contributed by atoms with Gasteiger partial charge in [0.15, 0.2) is 5.11 Å². The van der Waals surface area contributed by atoms with Crippen molar-refractivity contribution >= 4 is 46.2 Å². The normalized spacial score (nSPS) is 14.5. The van der Waals surface area contributed by atoms with E-state index in [0.29, 0.717) is 21.4 Å². The zero-order valence-corrected chi connectivity index (χ0v) is 16.0. The average Bonchev–Trinajstić information content (AvgIpc) is 2.65. The molecule has 1 amide bonds. The molecule has 0 radical (unpaired) electrons. The fourth-order valence-corrected chi connectivity index (χ4v) is 3.47. The van der Waals surface area contributed by atoms with Gasteiger partial charge in [0.05, 0.1) is 11.3 Å². The van der Waals surface area contributed by atoms with Gasteiger partial charge in [-0.3, -0.25) is 4.79 Å². The molecule has 0 bridgehead atoms. The van der Waals surface area contributed by atoms with E-state index in [9.17, 15) is 4.79 Å². The SMILES string of the molecule is O=C(NC1CCCCC1)c1ccccc1NC(=S)Nc1ccc(Cl)cc1. The van der Waals surface area contributed by atoms with E-state index in [1.165, 1.54) is 19.3 Å². The topological polar surface area (TPSA) is 53.2 Å². The molecule has 0 spiro atoms. The first-order valence-electron chi connectivity index (χ1n) is 8.85. The highest BCUT2D eigenvalue weighted by Crippen LogP contribution is 2.20. The summed E-state index contributed by atoms with van der Waals surface area (Å²) in [5, 5.41) is 10.4. The highest BCUT2D eigenvalue weighted by Gasteiger charge is 2.18. The van der Waals surface area contributed by atoms with E-state index in [1.54, 1.807) is 12.1 Å². The lowest BCUT2D eigenvalue weighted by molar-refractivity contribution is 0.0928. The van der Waals surface area contributed by atoms with Gasteiger partial charge in [0.25, 0.3) is 5.91 Å². The summed E-state index contributed by atoms with van der Waals surface area (Å²) in [5.41, 5.74) is 2.11. The van der Waals surface area contributed by atoms with Gasteiger partial charge in [-0.1, -0.05) is 43.0 Å². The number of hydrogen-bond acceptors (Lipinski definition) is 2. The molecule has 2 aromatic carbocycles. The van der Waals surface area contributed by atoms with Gasteiger partial charge in [-0.05, 0) is 61.5 Å². The summed E-state index contributed by atoms with van der Waals surface area (Å²) in [6.07, 6.45) is 5.73. The maximum atomic E-state index is 12.7. The van der Waals surface area contributed by atoms with Crippen LogP contribution < -0.4 is 16.0 Å². The quantitative estimate of drug-likeness (QED) is 0.630. The van der Waals surface area contributed by atoms with Crippen LogP contribution in [0.5, 0.6) is 0 Å². The second-order valence-corrected chi connectivity index (χ2v) is 7.28. The van der Waals surface area contributed by atoms with E-state index in [0.717, 1.165) is 18.5 Å². The number of para-hydroxylation sites is 1. The number of halogens is 1. The van der Waals surface area contributed by atoms with Crippen LogP contribution in [0.15, 0.2) is 48.5 Å². The van der Waals surface area contributed by atoms with Gasteiger partial charge in [0.2, 0.25) is 0 Å². The van der Waals surface area contributed by atoms with Gasteiger partial charge in [-0.25, -0.2) is 0 Å². The molecule has 0 atom stereocenters. The molecule has 1 fully saturated rings. The van der Waals surface area contributed by atoms with E-state index in [1.807, 2.05) is 36.4 Å². The van der Waals surface area contributed by atoms with Crippen LogP contribution in [0.1, 0.15) is 42.5 Å². The Morgan fingerprint density at radius 3 is 2.38 bits per heavy atom. The van der Waals surface area contributed by atoms with Crippen molar-refractivity contribution in [2.45, 2.75) is 38.1 Å². The number of anilines is 2. The number of carbonyl (C=O) groups excluding carboxylic acids is 1. The Labute approximate surface area is 164 Å². The van der Waals surface area contributed by atoms with Crippen LogP contribution in [0, 0.1) is 0 Å². The molecule has 0 aromatic heterocycles. The number of rotatable bonds is 4. The van der Waals surface area contributed by atoms with Crippen molar-refractivity contribution in [1.29, 1.82) is 0 Å². The van der Waals surface area contributed by atoms with Gasteiger partial charge in [0.1, 0.15) is 0 Å². The smallest absolute Gasteiger partial charge is 0.253 e. The molecule has 6 heteroatoms. The molecule has 1 saturated carbocycles. The minimum absolute atomic E-state index is 0.0608. The zero-order valence-electron chi connectivity index (χ0n) is 14.4. The predicted molar refractivity (Wildman–Crippen MR) is 112 cm³/mol. The van der Waals surface area contributed by atoms with Crippen molar-refractivity contribution in [1.82, 2.24) is 5.32 Å². The van der Waals surface area contributed by atoms with Gasteiger partial charge in [-0.15, -0.1) is 0 Å². The third kappa shape index (κ3) is 5.19. The fraction of sp³-hybridized carbons (Fsp3) is 0.300. The molecule has 3 rings (SSSR count). The third-order valence-electron chi connectivity index (χ3n) is 4.46. The molecule has 3 N–H and O–H groups in total. The highest BCUT2D eigenvalue weighted by atomic mass is 35.5. The first-order valence-corrected chi connectivity index (χ1v) is 9.64. The number of thiocarbonyl (C=S) groups is 1. The average molecular weight is 388 g/mol. The summed E-state index contributed by atoms with van der Waals surface area (Å²) < 4.78 is 0. The lowest BCUT2D eigenvalue weighted by atomic mass is 9.95. The van der Waals surface area contributed by atoms with E-state index >= 15 is 0 Å². The maximum absolute atomic E-state index is 12.7. The lowest BCUT2D eigenvalue weighted by Gasteiger charge is -2.23. The molecule has 0 saturated heterocycles. The van der Waals surface area contributed by atoms with Crippen molar-refractivity contribution in [2.24, 2.45) is 0 Å². The Hall–Kier alpha value is -2.11. The molecule has 136 valence electrons. The Kier molecular flexibility index (Phi) is 6.47. The number of nitrogens with one attached hydrogen (secondary N) is 3. The standard InChI is InChI=1S/C20H22ClN3OS/c21-14-10-12-16(13-11-14)23-20(26)24-18-9-5-4-8-17(18)19(25)22-15-6-2-1-3-7-15/h4-5,8-13,15H,1-3,6-7H2,(H,22,25)(H2,23,24,26). The first kappa shape index (κ1) is 18.7. The molecule has 0 unspecified atom stereocenters. The zero-order chi connectivity index (χ0) is 18.4. The summed E-state index contributed by atoms with van der Waals surface area (Å²) in [4.78, 5) is 12.7. The molecular weight excluding hydrogens is 366 g/mol. The van der Waals surface area contributed by atoms with Crippen LogP contribution >= 0.6 is 23.8 Å². The Morgan fingerprint density at radius 1 is 0.962 bits per heavy atom. The van der Waals surface area contributed by atoms with Crippen molar-refractivity contribution in [3.63, 3.8) is 0 Å². The Balaban J connectivity index is 1.65. The van der Waals surface area contributed by atoms with Crippen LogP contribution in [-0.2, 0) is 0 Å². The second-order valence-electron chi connectivity index (χ2n) is 6.44. The summed E-state index contributed by atoms with van der Waals surface area (Å²) >= 11 is 11.3. The monoisotopic (exact) mass is 387 g/mol. The van der Waals surface area contributed by atoms with E-state index in [2.05, 4.69) is 16.0 Å². The van der Waals surface area contributed by atoms with Crippen LogP contribution in [0.3, 0.4) is 0 Å². The summed E-state index contributed by atoms with van der Waals surface area (Å²) in [6.45, 7) is 0. The van der Waals surface area contributed by atoms with Crippen molar-refractivity contribution in [3.8, 4) is 0 Å². The van der Waals surface area contributed by atoms with Gasteiger partial charge >= 0.3 is 0 Å². The second kappa shape index (κ2) is 9.01. The minimum Gasteiger partial charge on any atom is -0.349 e. The Bertz CT molecular complexity index is 773. The molecule has 1 aliphatic carbocycles. The van der Waals surface area contributed by atoms with E-state index < -0.39 is 0 Å². The molecular formula is C20H22ClN3OS. The van der Waals surface area contributed by atoms with Gasteiger partial charge < -0.3 is 16.0 Å². The van der Waals surface area contributed by atoms with E-state index in [4.69, 9.17) is 23.8 Å². The molecule has 0 heterocycles. The fourth-order valence-electron chi connectivity index (χ4n) is 3.12. The van der Waals surface area contributed by atoms with Crippen molar-refractivity contribution in [3.05, 3.63) is 59.1 Å². The van der Waals surface area contributed by atoms with Crippen LogP contribution in [0.4, 0.5) is 11.4 Å². The van der Waals surface area contributed by atoms with Crippen molar-refractivity contribution < 1.29 is 4.79 Å². The number of hydrogen-bond donors (Lipinski definition) is 3. The number of amides is 1. The van der Waals surface area contributed by atoms with Gasteiger partial charge in [0, 0.05) is 16.8 Å². The summed E-state index contributed by atoms with van der Waals surface area (Å²) in [5.74, 6) is -0.0608. The lowest BCUT2D eigenvalue weighted by Crippen LogP contribution is -2.36. The molecule has 0 aliphatic heterocycles. The van der Waals surface area contributed by atoms with Crippen LogP contribution in [-0.4, -0.2) is 17.1 Å². The number of benzene rings is 2. The summed E-state index contributed by atoms with van der Waals surface area (Å²) in [6, 6.07) is 14.9. The molecule has 1 aliphatic rings. The largest absolute Gasteiger partial charge is 0.349 e. The first-order chi connectivity index (χ1) is 12.6. The molecule has 2 aromatic rings. The van der Waals surface area contributed by atoms with Crippen LogP contribution in [0.25, 0.3) is 0 Å². The third-order valence-corrected chi connectivity index (χ3v) is 4.92. The highest BCUT2D eigenvalue weighted by molar-refractivity contribution is 7.80. The minimum atomic E-state index is -0.0608. The summed E-state index contributed by atoms with van der Waals surface area (Å²) in [7, 11) is 0. The van der Waals surface area contributed by atoms with E-state index in [-0.39, 0.29) is 11.9 Å². The predicted octanol–water partition coefficient (Wildman–Crippen LogP) is 5.21. The van der Waals surface area contributed by atoms with Gasteiger partial charge in [-0.2, -0.15) is 0 Å². The molecule has 4 nitrogen and oxygen atoms in total.